The largest absolute Gasteiger partial charge is 0.504 e. The molecule has 2 aromatic carbocycles. The van der Waals surface area contributed by atoms with Gasteiger partial charge in [0, 0.05) is 10.8 Å². The van der Waals surface area contributed by atoms with Crippen LogP contribution in [0.3, 0.4) is 0 Å². The smallest absolute Gasteiger partial charge is 0.195 e. The maximum Gasteiger partial charge on any atom is 0.195 e. The van der Waals surface area contributed by atoms with Crippen molar-refractivity contribution in [3.05, 3.63) is 30.3 Å². The first-order chi connectivity index (χ1) is 10.5. The van der Waals surface area contributed by atoms with Crippen molar-refractivity contribution in [1.82, 2.24) is 0 Å². The van der Waals surface area contributed by atoms with E-state index in [2.05, 4.69) is 0 Å². The van der Waals surface area contributed by atoms with E-state index in [1.54, 1.807) is 24.3 Å². The van der Waals surface area contributed by atoms with Gasteiger partial charge in [0.2, 0.25) is 0 Å². The number of hydrogen-bond donors (Lipinski definition) is 5. The molecule has 3 rings (SSSR count). The zero-order valence-electron chi connectivity index (χ0n) is 11.5. The van der Waals surface area contributed by atoms with E-state index in [4.69, 9.17) is 9.47 Å². The molecule has 1 heterocycles. The second kappa shape index (κ2) is 5.62. The molecule has 1 saturated heterocycles. The predicted octanol–water partition coefficient (Wildman–Crippen LogP) is 0.0688. The normalized spacial score (nSPS) is 28.7. The highest BCUT2D eigenvalue weighted by Gasteiger charge is 2.39. The first kappa shape index (κ1) is 14.9. The van der Waals surface area contributed by atoms with E-state index in [0.29, 0.717) is 10.8 Å². The predicted molar refractivity (Wildman–Crippen MR) is 75.7 cm³/mol. The summed E-state index contributed by atoms with van der Waals surface area (Å²) in [5.41, 5.74) is 0. The standard InChI is InChI=1S/C15H16O7/c16-9-5-4-7-8(12(9)18)2-1-3-11(7)22-14-13(19)10(17)6-21-15(14)20/h1-5,10,13-20H,6H2/t10-,13+,14-,15-/m1/s1. The highest BCUT2D eigenvalue weighted by molar-refractivity contribution is 5.94. The summed E-state index contributed by atoms with van der Waals surface area (Å²) in [6, 6.07) is 7.62. The Morgan fingerprint density at radius 3 is 2.55 bits per heavy atom. The molecular weight excluding hydrogens is 292 g/mol. The highest BCUT2D eigenvalue weighted by Crippen LogP contribution is 2.38. The Hall–Kier alpha value is -2.06. The van der Waals surface area contributed by atoms with Crippen LogP contribution in [0.25, 0.3) is 10.8 Å². The lowest BCUT2D eigenvalue weighted by Crippen LogP contribution is -2.55. The SMILES string of the molecule is Oc1ccc2c(O[C@@H]3[C@@H](O)[C@H](O)CO[C@H]3O)cccc2c1O. The van der Waals surface area contributed by atoms with Crippen molar-refractivity contribution in [3.8, 4) is 17.2 Å². The van der Waals surface area contributed by atoms with Gasteiger partial charge in [-0.25, -0.2) is 0 Å². The second-order valence-electron chi connectivity index (χ2n) is 5.15. The summed E-state index contributed by atoms with van der Waals surface area (Å²) in [5.74, 6) is -0.279. The van der Waals surface area contributed by atoms with E-state index < -0.39 is 24.6 Å². The number of aromatic hydroxyl groups is 2. The number of aliphatic hydroxyl groups excluding tert-OH is 3. The van der Waals surface area contributed by atoms with Gasteiger partial charge in [-0.15, -0.1) is 0 Å². The van der Waals surface area contributed by atoms with Gasteiger partial charge in [0.1, 0.15) is 18.0 Å². The van der Waals surface area contributed by atoms with Gasteiger partial charge in [0.05, 0.1) is 6.61 Å². The third-order valence-electron chi connectivity index (χ3n) is 3.68. The quantitative estimate of drug-likeness (QED) is 0.498. The maximum atomic E-state index is 9.94. The van der Waals surface area contributed by atoms with E-state index in [1.807, 2.05) is 0 Å². The lowest BCUT2D eigenvalue weighted by molar-refractivity contribution is -0.244. The Kier molecular flexibility index (Phi) is 3.79. The van der Waals surface area contributed by atoms with Gasteiger partial charge in [-0.3, -0.25) is 0 Å². The molecule has 5 N–H and O–H groups in total. The van der Waals surface area contributed by atoms with Gasteiger partial charge in [0.25, 0.3) is 0 Å². The van der Waals surface area contributed by atoms with Crippen LogP contribution in [0.5, 0.6) is 17.2 Å². The van der Waals surface area contributed by atoms with E-state index >= 15 is 0 Å². The molecule has 1 fully saturated rings. The van der Waals surface area contributed by atoms with Crippen LogP contribution < -0.4 is 4.74 Å². The van der Waals surface area contributed by atoms with Crippen LogP contribution in [0, 0.1) is 0 Å². The van der Waals surface area contributed by atoms with Crippen molar-refractivity contribution in [2.24, 2.45) is 0 Å². The van der Waals surface area contributed by atoms with Crippen LogP contribution in [0.4, 0.5) is 0 Å². The molecule has 0 spiro atoms. The number of phenols is 2. The van der Waals surface area contributed by atoms with Crippen molar-refractivity contribution in [1.29, 1.82) is 0 Å². The van der Waals surface area contributed by atoms with E-state index in [0.717, 1.165) is 0 Å². The van der Waals surface area contributed by atoms with Crippen LogP contribution in [-0.4, -0.2) is 56.7 Å². The van der Waals surface area contributed by atoms with Crippen LogP contribution >= 0.6 is 0 Å². The maximum absolute atomic E-state index is 9.94. The Morgan fingerprint density at radius 2 is 1.77 bits per heavy atom. The molecule has 4 atom stereocenters. The summed E-state index contributed by atoms with van der Waals surface area (Å²) < 4.78 is 10.5. The van der Waals surface area contributed by atoms with Gasteiger partial charge >= 0.3 is 0 Å². The molecule has 2 aromatic rings. The van der Waals surface area contributed by atoms with E-state index in [1.165, 1.54) is 6.07 Å². The summed E-state index contributed by atoms with van der Waals surface area (Å²) in [6.45, 7) is -0.188. The van der Waals surface area contributed by atoms with E-state index in [-0.39, 0.29) is 23.9 Å². The number of fused-ring (bicyclic) bond motifs is 1. The third-order valence-corrected chi connectivity index (χ3v) is 3.68. The molecule has 0 saturated carbocycles. The van der Waals surface area contributed by atoms with Crippen molar-refractivity contribution in [2.75, 3.05) is 6.61 Å². The Labute approximate surface area is 125 Å². The molecular formula is C15H16O7. The summed E-state index contributed by atoms with van der Waals surface area (Å²) in [7, 11) is 0. The first-order valence-corrected chi connectivity index (χ1v) is 6.75. The number of phenolic OH excluding ortho intramolecular Hbond substituents is 2. The van der Waals surface area contributed by atoms with Crippen molar-refractivity contribution < 1.29 is 35.0 Å². The Morgan fingerprint density at radius 1 is 1.00 bits per heavy atom. The molecule has 0 bridgehead atoms. The minimum absolute atomic E-state index is 0.188. The monoisotopic (exact) mass is 308 g/mol. The van der Waals surface area contributed by atoms with Gasteiger partial charge < -0.3 is 35.0 Å². The summed E-state index contributed by atoms with van der Waals surface area (Å²) in [4.78, 5) is 0. The molecule has 7 heteroatoms. The fourth-order valence-corrected chi connectivity index (χ4v) is 2.46. The van der Waals surface area contributed by atoms with Crippen LogP contribution in [-0.2, 0) is 4.74 Å². The third kappa shape index (κ3) is 2.44. The highest BCUT2D eigenvalue weighted by atomic mass is 16.6. The number of hydrogen-bond acceptors (Lipinski definition) is 7. The first-order valence-electron chi connectivity index (χ1n) is 6.75. The van der Waals surface area contributed by atoms with Crippen LogP contribution in [0.1, 0.15) is 0 Å². The molecule has 22 heavy (non-hydrogen) atoms. The zero-order valence-corrected chi connectivity index (χ0v) is 11.5. The minimum atomic E-state index is -1.39. The average molecular weight is 308 g/mol. The molecule has 0 amide bonds. The van der Waals surface area contributed by atoms with Gasteiger partial charge in [-0.05, 0) is 18.2 Å². The lowest BCUT2D eigenvalue weighted by atomic mass is 10.0. The van der Waals surface area contributed by atoms with Crippen molar-refractivity contribution in [3.63, 3.8) is 0 Å². The van der Waals surface area contributed by atoms with Gasteiger partial charge in [0.15, 0.2) is 23.9 Å². The molecule has 7 nitrogen and oxygen atoms in total. The Balaban J connectivity index is 1.98. The molecule has 118 valence electrons. The van der Waals surface area contributed by atoms with Crippen molar-refractivity contribution in [2.45, 2.75) is 24.6 Å². The topological polar surface area (TPSA) is 120 Å². The molecule has 0 aromatic heterocycles. The second-order valence-corrected chi connectivity index (χ2v) is 5.15. The Bertz CT molecular complexity index is 687. The minimum Gasteiger partial charge on any atom is -0.504 e. The average Bonchev–Trinajstić information content (AvgIpc) is 2.51. The van der Waals surface area contributed by atoms with Crippen molar-refractivity contribution >= 4 is 10.8 Å². The van der Waals surface area contributed by atoms with Crippen LogP contribution in [0.2, 0.25) is 0 Å². The molecule has 0 radical (unpaired) electrons. The summed E-state index contributed by atoms with van der Waals surface area (Å²) >= 11 is 0. The summed E-state index contributed by atoms with van der Waals surface area (Å²) in [5, 5.41) is 49.5. The number of ether oxygens (including phenoxy) is 2. The fraction of sp³-hybridized carbons (Fsp3) is 0.333. The van der Waals surface area contributed by atoms with Gasteiger partial charge in [-0.1, -0.05) is 12.1 Å². The van der Waals surface area contributed by atoms with Gasteiger partial charge in [-0.2, -0.15) is 0 Å². The number of rotatable bonds is 2. The number of benzene rings is 2. The fourth-order valence-electron chi connectivity index (χ4n) is 2.46. The zero-order chi connectivity index (χ0) is 15.9. The number of aliphatic hydroxyl groups is 3. The van der Waals surface area contributed by atoms with Crippen LogP contribution in [0.15, 0.2) is 30.3 Å². The molecule has 1 aliphatic heterocycles. The summed E-state index contributed by atoms with van der Waals surface area (Å²) in [6.07, 6.45) is -5.05. The molecule has 0 unspecified atom stereocenters. The van der Waals surface area contributed by atoms with E-state index in [9.17, 15) is 25.5 Å². The molecule has 1 aliphatic rings. The molecule has 0 aliphatic carbocycles. The lowest BCUT2D eigenvalue weighted by Gasteiger charge is -2.35.